The van der Waals surface area contributed by atoms with E-state index >= 15 is 0 Å². The van der Waals surface area contributed by atoms with Gasteiger partial charge in [0.2, 0.25) is 0 Å². The van der Waals surface area contributed by atoms with E-state index in [0.717, 1.165) is 41.2 Å². The van der Waals surface area contributed by atoms with Crippen LogP contribution in [0.1, 0.15) is 29.5 Å². The fraction of sp³-hybridized carbons (Fsp3) is 0.321. The van der Waals surface area contributed by atoms with Gasteiger partial charge in [-0.2, -0.15) is 0 Å². The van der Waals surface area contributed by atoms with Gasteiger partial charge in [-0.3, -0.25) is 0 Å². The summed E-state index contributed by atoms with van der Waals surface area (Å²) < 4.78 is 19.1. The number of nitrogens with zero attached hydrogens (tertiary/aromatic N) is 1. The number of aliphatic imine (C=N–C) groups is 1. The largest absolute Gasteiger partial charge is 0.496 e. The van der Waals surface area contributed by atoms with E-state index in [2.05, 4.69) is 66.7 Å². The van der Waals surface area contributed by atoms with Gasteiger partial charge in [0.15, 0.2) is 11.5 Å². The van der Waals surface area contributed by atoms with Crippen molar-refractivity contribution in [2.45, 2.75) is 43.1 Å². The number of para-hydroxylation sites is 1. The number of benzene rings is 3. The summed E-state index contributed by atoms with van der Waals surface area (Å²) in [7, 11) is 1.71. The molecule has 3 heterocycles. The van der Waals surface area contributed by atoms with Crippen LogP contribution < -0.4 is 4.74 Å². The average Bonchev–Trinajstić information content (AvgIpc) is 3.48. The Balaban J connectivity index is 1.52. The van der Waals surface area contributed by atoms with E-state index in [4.69, 9.17) is 19.2 Å². The number of hydrogen-bond acceptors (Lipinski definition) is 4. The van der Waals surface area contributed by atoms with Gasteiger partial charge in [0.05, 0.1) is 37.7 Å². The van der Waals surface area contributed by atoms with E-state index in [-0.39, 0.29) is 24.2 Å². The first-order valence-electron chi connectivity index (χ1n) is 11.4. The van der Waals surface area contributed by atoms with Crippen LogP contribution in [0.25, 0.3) is 0 Å². The Bertz CT molecular complexity index is 1090. The van der Waals surface area contributed by atoms with Gasteiger partial charge in [0.1, 0.15) is 5.75 Å². The SMILES string of the molecule is COc1ccccc1CC1=N[C@H]2[C@H]([C@@H]3CC[C@H]2O3)C(c2ccccc2)(c2ccccc2)O1. The third kappa shape index (κ3) is 2.97. The van der Waals surface area contributed by atoms with E-state index in [9.17, 15) is 0 Å². The molecule has 0 aliphatic carbocycles. The van der Waals surface area contributed by atoms with Crippen LogP contribution in [0.15, 0.2) is 89.9 Å². The van der Waals surface area contributed by atoms with Crippen molar-refractivity contribution in [3.05, 3.63) is 102 Å². The average molecular weight is 426 g/mol. The maximum absolute atomic E-state index is 7.03. The molecular weight excluding hydrogens is 398 g/mol. The summed E-state index contributed by atoms with van der Waals surface area (Å²) in [5, 5.41) is 0. The molecule has 0 N–H and O–H groups in total. The smallest absolute Gasteiger partial charge is 0.189 e. The Kier molecular flexibility index (Phi) is 4.76. The fourth-order valence-electron chi connectivity index (χ4n) is 5.90. The molecule has 2 fully saturated rings. The quantitative estimate of drug-likeness (QED) is 0.567. The first kappa shape index (κ1) is 19.6. The summed E-state index contributed by atoms with van der Waals surface area (Å²) in [4.78, 5) is 5.16. The van der Waals surface area contributed by atoms with Gasteiger partial charge in [0.25, 0.3) is 0 Å². The van der Waals surface area contributed by atoms with Gasteiger partial charge >= 0.3 is 0 Å². The van der Waals surface area contributed by atoms with Crippen molar-refractivity contribution in [1.82, 2.24) is 0 Å². The van der Waals surface area contributed by atoms with Gasteiger partial charge in [-0.25, -0.2) is 4.99 Å². The van der Waals surface area contributed by atoms with Crippen LogP contribution in [0.2, 0.25) is 0 Å². The minimum Gasteiger partial charge on any atom is -0.496 e. The molecule has 4 atom stereocenters. The lowest BCUT2D eigenvalue weighted by Gasteiger charge is -2.47. The van der Waals surface area contributed by atoms with Crippen LogP contribution in [0.5, 0.6) is 5.75 Å². The minimum absolute atomic E-state index is 0.0904. The van der Waals surface area contributed by atoms with Crippen LogP contribution in [-0.4, -0.2) is 31.3 Å². The highest BCUT2D eigenvalue weighted by Gasteiger charge is 2.62. The van der Waals surface area contributed by atoms with Crippen molar-refractivity contribution in [3.63, 3.8) is 0 Å². The summed E-state index contributed by atoms with van der Waals surface area (Å²) >= 11 is 0. The van der Waals surface area contributed by atoms with Gasteiger partial charge in [0, 0.05) is 16.7 Å². The third-order valence-electron chi connectivity index (χ3n) is 7.22. The third-order valence-corrected chi connectivity index (χ3v) is 7.22. The van der Waals surface area contributed by atoms with Crippen molar-refractivity contribution in [3.8, 4) is 5.75 Å². The van der Waals surface area contributed by atoms with Crippen LogP contribution in [0, 0.1) is 5.92 Å². The highest BCUT2D eigenvalue weighted by atomic mass is 16.5. The highest BCUT2D eigenvalue weighted by molar-refractivity contribution is 5.82. The first-order chi connectivity index (χ1) is 15.8. The van der Waals surface area contributed by atoms with Crippen molar-refractivity contribution in [1.29, 1.82) is 0 Å². The van der Waals surface area contributed by atoms with E-state index in [1.54, 1.807) is 7.11 Å². The molecule has 2 saturated heterocycles. The molecule has 3 aromatic carbocycles. The summed E-state index contributed by atoms with van der Waals surface area (Å²) in [6, 6.07) is 29.4. The van der Waals surface area contributed by atoms with Gasteiger partial charge in [-0.05, 0) is 18.9 Å². The van der Waals surface area contributed by atoms with Gasteiger partial charge < -0.3 is 14.2 Å². The standard InChI is InChI=1S/C28H27NO3/c1-30-22-15-9-8-10-19(22)18-25-29-27-24-17-16-23(31-24)26(27)28(32-25,20-11-4-2-5-12-20)21-13-6-3-7-14-21/h2-15,23-24,26-27H,16-18H2,1H3/t23-,24+,26-,27+/m0/s1. The molecule has 3 aliphatic rings. The fourth-order valence-corrected chi connectivity index (χ4v) is 5.90. The second-order valence-corrected chi connectivity index (χ2v) is 8.89. The Morgan fingerprint density at radius 3 is 2.16 bits per heavy atom. The molecule has 162 valence electrons. The zero-order valence-corrected chi connectivity index (χ0v) is 18.2. The molecule has 0 amide bonds. The molecular formula is C28H27NO3. The molecule has 0 unspecified atom stereocenters. The van der Waals surface area contributed by atoms with Gasteiger partial charge in [-0.15, -0.1) is 0 Å². The Morgan fingerprint density at radius 2 is 1.47 bits per heavy atom. The van der Waals surface area contributed by atoms with Crippen LogP contribution >= 0.6 is 0 Å². The molecule has 0 spiro atoms. The van der Waals surface area contributed by atoms with Crippen LogP contribution in [0.3, 0.4) is 0 Å². The Labute approximate surface area is 188 Å². The predicted octanol–water partition coefficient (Wildman–Crippen LogP) is 5.16. The number of fused-ring (bicyclic) bond motifs is 5. The summed E-state index contributed by atoms with van der Waals surface area (Å²) in [5.41, 5.74) is 2.76. The van der Waals surface area contributed by atoms with E-state index in [1.165, 1.54) is 0 Å². The minimum atomic E-state index is -0.633. The molecule has 0 aromatic heterocycles. The predicted molar refractivity (Wildman–Crippen MR) is 124 cm³/mol. The second-order valence-electron chi connectivity index (χ2n) is 8.89. The molecule has 0 radical (unpaired) electrons. The maximum Gasteiger partial charge on any atom is 0.189 e. The second kappa shape index (κ2) is 7.79. The summed E-state index contributed by atoms with van der Waals surface area (Å²) in [5.74, 6) is 1.75. The van der Waals surface area contributed by atoms with Crippen LogP contribution in [-0.2, 0) is 21.5 Å². The lowest BCUT2D eigenvalue weighted by atomic mass is 9.67. The molecule has 6 rings (SSSR count). The normalized spacial score (nSPS) is 27.3. The lowest BCUT2D eigenvalue weighted by Crippen LogP contribution is -2.54. The lowest BCUT2D eigenvalue weighted by molar-refractivity contribution is -0.0229. The molecule has 4 heteroatoms. The number of hydrogen-bond donors (Lipinski definition) is 0. The van der Waals surface area contributed by atoms with Crippen molar-refractivity contribution in [2.24, 2.45) is 10.9 Å². The molecule has 4 nitrogen and oxygen atoms in total. The van der Waals surface area contributed by atoms with Crippen molar-refractivity contribution >= 4 is 5.90 Å². The maximum atomic E-state index is 7.03. The number of methoxy groups -OCH3 is 1. The highest BCUT2D eigenvalue weighted by Crippen LogP contribution is 2.55. The zero-order chi connectivity index (χ0) is 21.5. The van der Waals surface area contributed by atoms with Crippen molar-refractivity contribution in [2.75, 3.05) is 7.11 Å². The number of ether oxygens (including phenoxy) is 3. The zero-order valence-electron chi connectivity index (χ0n) is 18.2. The molecule has 3 aliphatic heterocycles. The molecule has 3 aromatic rings. The number of rotatable bonds is 5. The van der Waals surface area contributed by atoms with Gasteiger partial charge in [-0.1, -0.05) is 78.9 Å². The van der Waals surface area contributed by atoms with E-state index in [0.29, 0.717) is 6.42 Å². The molecule has 0 saturated carbocycles. The first-order valence-corrected chi connectivity index (χ1v) is 11.4. The van der Waals surface area contributed by atoms with Crippen LogP contribution in [0.4, 0.5) is 0 Å². The monoisotopic (exact) mass is 425 g/mol. The Morgan fingerprint density at radius 1 is 0.844 bits per heavy atom. The molecule has 2 bridgehead atoms. The van der Waals surface area contributed by atoms with E-state index in [1.807, 2.05) is 18.2 Å². The summed E-state index contributed by atoms with van der Waals surface area (Å²) in [6.45, 7) is 0. The van der Waals surface area contributed by atoms with E-state index < -0.39 is 5.60 Å². The summed E-state index contributed by atoms with van der Waals surface area (Å²) in [6.07, 6.45) is 3.03. The Hall–Kier alpha value is -3.11. The molecule has 32 heavy (non-hydrogen) atoms. The van der Waals surface area contributed by atoms with Crippen molar-refractivity contribution < 1.29 is 14.2 Å². The topological polar surface area (TPSA) is 40.0 Å².